The predicted octanol–water partition coefficient (Wildman–Crippen LogP) is 18.6. The largest absolute Gasteiger partial charge is 0.456 e. The Bertz CT molecular complexity index is 4070. The predicted molar refractivity (Wildman–Crippen MR) is 287 cm³/mol. The lowest BCUT2D eigenvalue weighted by atomic mass is 9.81. The molecule has 0 radical (unpaired) electrons. The van der Waals surface area contributed by atoms with Crippen LogP contribution in [0.5, 0.6) is 0 Å². The van der Waals surface area contributed by atoms with E-state index in [9.17, 15) is 0 Å². The molecule has 14 rings (SSSR count). The Balaban J connectivity index is 0.826. The average molecular weight is 886 g/mol. The fourth-order valence-corrected chi connectivity index (χ4v) is 11.9. The van der Waals surface area contributed by atoms with Crippen LogP contribution in [0.1, 0.15) is 49.9 Å². The molecule has 69 heavy (non-hydrogen) atoms. The summed E-state index contributed by atoms with van der Waals surface area (Å²) in [5.74, 6) is 0. The van der Waals surface area contributed by atoms with Gasteiger partial charge in [-0.2, -0.15) is 0 Å². The summed E-state index contributed by atoms with van der Waals surface area (Å²) in [5.41, 5.74) is 24.3. The standard InChI is InChI=1S/C66H47NO2/c1-65(2)57-17-8-5-12-49(57)50-34-31-47(39-60(50)65)67(46-29-22-41(23-30-46)43-24-33-54-52-13-6-9-18-61(52)68-63(54)38-43)45-27-20-40(21-28-45)42-26-35-58-56(36-42)51-32-25-44(37-59(51)66(58,3)4)48-15-11-16-55-53-14-7-10-19-62(53)69-64(48)55/h5-39H,1-4H3. The Hall–Kier alpha value is -8.40. The first-order valence-electron chi connectivity index (χ1n) is 24.1. The Morgan fingerprint density at radius 3 is 1.54 bits per heavy atom. The van der Waals surface area contributed by atoms with Crippen LogP contribution in [0.15, 0.2) is 221 Å². The van der Waals surface area contributed by atoms with Crippen LogP contribution in [-0.4, -0.2) is 0 Å². The smallest absolute Gasteiger partial charge is 0.143 e. The van der Waals surface area contributed by atoms with Crippen LogP contribution in [0.2, 0.25) is 0 Å². The van der Waals surface area contributed by atoms with Crippen molar-refractivity contribution >= 4 is 60.9 Å². The third-order valence-corrected chi connectivity index (χ3v) is 15.5. The molecule has 0 unspecified atom stereocenters. The Morgan fingerprint density at radius 2 is 0.783 bits per heavy atom. The molecule has 0 bridgehead atoms. The van der Waals surface area contributed by atoms with Crippen molar-refractivity contribution in [3.05, 3.63) is 235 Å². The van der Waals surface area contributed by atoms with E-state index in [1.165, 1.54) is 61.2 Å². The summed E-state index contributed by atoms with van der Waals surface area (Å²) in [6.07, 6.45) is 0. The van der Waals surface area contributed by atoms with Gasteiger partial charge in [-0.25, -0.2) is 0 Å². The topological polar surface area (TPSA) is 29.5 Å². The zero-order valence-electron chi connectivity index (χ0n) is 39.0. The number of furan rings is 2. The summed E-state index contributed by atoms with van der Waals surface area (Å²) in [4.78, 5) is 2.40. The minimum Gasteiger partial charge on any atom is -0.456 e. The van der Waals surface area contributed by atoms with Gasteiger partial charge >= 0.3 is 0 Å². The summed E-state index contributed by atoms with van der Waals surface area (Å²) >= 11 is 0. The fourth-order valence-electron chi connectivity index (χ4n) is 11.9. The van der Waals surface area contributed by atoms with E-state index in [2.05, 4.69) is 227 Å². The van der Waals surface area contributed by atoms with Gasteiger partial charge in [-0.3, -0.25) is 0 Å². The van der Waals surface area contributed by atoms with Crippen molar-refractivity contribution in [3.63, 3.8) is 0 Å². The summed E-state index contributed by atoms with van der Waals surface area (Å²) in [6, 6.07) is 77.7. The van der Waals surface area contributed by atoms with Crippen LogP contribution in [0.25, 0.3) is 99.5 Å². The molecule has 12 aromatic rings. The molecule has 2 heterocycles. The fraction of sp³-hybridized carbons (Fsp3) is 0.0909. The van der Waals surface area contributed by atoms with Gasteiger partial charge in [0.25, 0.3) is 0 Å². The van der Waals surface area contributed by atoms with Crippen molar-refractivity contribution in [2.45, 2.75) is 38.5 Å². The van der Waals surface area contributed by atoms with E-state index in [4.69, 9.17) is 8.83 Å². The third-order valence-electron chi connectivity index (χ3n) is 15.5. The highest BCUT2D eigenvalue weighted by molar-refractivity contribution is 6.10. The molecule has 0 spiro atoms. The molecule has 10 aromatic carbocycles. The number of hydrogen-bond donors (Lipinski definition) is 0. The molecule has 0 amide bonds. The van der Waals surface area contributed by atoms with Gasteiger partial charge in [0.2, 0.25) is 0 Å². The molecule has 0 N–H and O–H groups in total. The molecule has 2 aromatic heterocycles. The summed E-state index contributed by atoms with van der Waals surface area (Å²) in [7, 11) is 0. The molecule has 2 aliphatic rings. The van der Waals surface area contributed by atoms with Gasteiger partial charge in [0.15, 0.2) is 0 Å². The summed E-state index contributed by atoms with van der Waals surface area (Å²) < 4.78 is 12.8. The van der Waals surface area contributed by atoms with E-state index in [1.54, 1.807) is 0 Å². The van der Waals surface area contributed by atoms with Gasteiger partial charge in [0.05, 0.1) is 0 Å². The van der Waals surface area contributed by atoms with E-state index >= 15 is 0 Å². The third kappa shape index (κ3) is 5.93. The Kier molecular flexibility index (Phi) is 8.38. The van der Waals surface area contributed by atoms with Crippen LogP contribution in [0.3, 0.4) is 0 Å². The van der Waals surface area contributed by atoms with Crippen LogP contribution >= 0.6 is 0 Å². The highest BCUT2D eigenvalue weighted by atomic mass is 16.3. The molecule has 0 saturated heterocycles. The highest BCUT2D eigenvalue weighted by Crippen LogP contribution is 2.53. The summed E-state index contributed by atoms with van der Waals surface area (Å²) in [5, 5.41) is 4.58. The SMILES string of the molecule is CC1(C)c2ccc(-c3ccc(N(c4ccc(-c5ccc6c(c5)oc5ccccc56)cc4)c4ccc5c(c4)C(C)(C)c4ccccc4-5)cc3)cc2-c2ccc(-c3cccc4c3oc3ccccc34)cc21. The lowest BCUT2D eigenvalue weighted by molar-refractivity contribution is 0.660. The van der Waals surface area contributed by atoms with E-state index in [0.717, 1.165) is 77.6 Å². The second-order valence-corrected chi connectivity index (χ2v) is 20.1. The second-order valence-electron chi connectivity index (χ2n) is 20.1. The number of rotatable bonds is 6. The number of anilines is 3. The van der Waals surface area contributed by atoms with Crippen molar-refractivity contribution in [2.75, 3.05) is 4.90 Å². The lowest BCUT2D eigenvalue weighted by Gasteiger charge is -2.28. The van der Waals surface area contributed by atoms with Gasteiger partial charge in [-0.05, 0) is 145 Å². The molecule has 3 nitrogen and oxygen atoms in total. The molecule has 2 aliphatic carbocycles. The average Bonchev–Trinajstić information content (AvgIpc) is 4.09. The normalized spacial score (nSPS) is 14.0. The number of benzene rings is 10. The zero-order valence-corrected chi connectivity index (χ0v) is 39.0. The lowest BCUT2D eigenvalue weighted by Crippen LogP contribution is -2.16. The summed E-state index contributed by atoms with van der Waals surface area (Å²) in [6.45, 7) is 9.42. The van der Waals surface area contributed by atoms with Crippen molar-refractivity contribution in [3.8, 4) is 55.6 Å². The van der Waals surface area contributed by atoms with Gasteiger partial charge < -0.3 is 13.7 Å². The van der Waals surface area contributed by atoms with Crippen LogP contribution in [0.4, 0.5) is 17.1 Å². The first kappa shape index (κ1) is 39.7. The minimum absolute atomic E-state index is 0.123. The molecule has 0 atom stereocenters. The maximum atomic E-state index is 6.48. The van der Waals surface area contributed by atoms with E-state index in [-0.39, 0.29) is 10.8 Å². The first-order valence-corrected chi connectivity index (χ1v) is 24.1. The molecule has 0 fully saturated rings. The monoisotopic (exact) mass is 885 g/mol. The van der Waals surface area contributed by atoms with Crippen molar-refractivity contribution in [2.24, 2.45) is 0 Å². The molecule has 0 saturated carbocycles. The van der Waals surface area contributed by atoms with E-state index < -0.39 is 0 Å². The highest BCUT2D eigenvalue weighted by Gasteiger charge is 2.37. The maximum absolute atomic E-state index is 6.48. The molecule has 0 aliphatic heterocycles. The molecular weight excluding hydrogens is 839 g/mol. The molecule has 3 heteroatoms. The number of fused-ring (bicyclic) bond motifs is 12. The van der Waals surface area contributed by atoms with Gasteiger partial charge in [-0.15, -0.1) is 0 Å². The van der Waals surface area contributed by atoms with Gasteiger partial charge in [0, 0.05) is 55.0 Å². The van der Waals surface area contributed by atoms with Crippen molar-refractivity contribution in [1.29, 1.82) is 0 Å². The number of hydrogen-bond acceptors (Lipinski definition) is 3. The van der Waals surface area contributed by atoms with Gasteiger partial charge in [0.1, 0.15) is 22.3 Å². The van der Waals surface area contributed by atoms with Crippen LogP contribution in [-0.2, 0) is 10.8 Å². The number of para-hydroxylation sites is 3. The van der Waals surface area contributed by atoms with E-state index in [0.29, 0.717) is 0 Å². The van der Waals surface area contributed by atoms with Gasteiger partial charge in [-0.1, -0.05) is 167 Å². The molecular formula is C66H47NO2. The van der Waals surface area contributed by atoms with Crippen molar-refractivity contribution in [1.82, 2.24) is 0 Å². The quantitative estimate of drug-likeness (QED) is 0.167. The number of nitrogens with zero attached hydrogens (tertiary/aromatic N) is 1. The van der Waals surface area contributed by atoms with Crippen molar-refractivity contribution < 1.29 is 8.83 Å². The van der Waals surface area contributed by atoms with E-state index in [1.807, 2.05) is 18.2 Å². The Morgan fingerprint density at radius 1 is 0.290 bits per heavy atom. The minimum atomic E-state index is -0.160. The van der Waals surface area contributed by atoms with Crippen LogP contribution < -0.4 is 4.90 Å². The zero-order chi connectivity index (χ0) is 46.2. The first-order chi connectivity index (χ1) is 33.7. The van der Waals surface area contributed by atoms with Crippen LogP contribution in [0, 0.1) is 0 Å². The maximum Gasteiger partial charge on any atom is 0.143 e. The Labute approximate surface area is 401 Å². The molecule has 328 valence electrons. The second kappa shape index (κ2) is 14.6.